The predicted octanol–water partition coefficient (Wildman–Crippen LogP) is 11.4. The topological polar surface area (TPSA) is 77.8 Å². The molecule has 0 saturated heterocycles. The van der Waals surface area contributed by atoms with Gasteiger partial charge in [0.05, 0.1) is 12.7 Å². The monoisotopic (exact) mass is 631 g/mol. The Morgan fingerprint density at radius 1 is 0.467 bits per heavy atom. The normalized spacial score (nSPS) is 13.7. The van der Waals surface area contributed by atoms with E-state index in [1.54, 1.807) is 0 Å². The largest absolute Gasteiger partial charge is 0.394 e. The lowest BCUT2D eigenvalue weighted by Crippen LogP contribution is -2.28. The molecule has 0 aliphatic carbocycles. The summed E-state index contributed by atoms with van der Waals surface area (Å²) in [6.45, 7) is 1.90. The van der Waals surface area contributed by atoms with Gasteiger partial charge in [-0.3, -0.25) is 4.79 Å². The van der Waals surface area contributed by atoms with Crippen LogP contribution < -0.4 is 0 Å². The summed E-state index contributed by atoms with van der Waals surface area (Å²) < 4.78 is 0. The Morgan fingerprint density at radius 3 is 1.24 bits per heavy atom. The van der Waals surface area contributed by atoms with Gasteiger partial charge in [0, 0.05) is 12.8 Å². The second-order valence-electron chi connectivity index (χ2n) is 13.0. The van der Waals surface area contributed by atoms with E-state index in [0.29, 0.717) is 12.2 Å². The predicted molar refractivity (Wildman–Crippen MR) is 196 cm³/mol. The Kier molecular flexibility index (Phi) is 35.7. The van der Waals surface area contributed by atoms with Crippen molar-refractivity contribution in [1.82, 2.24) is 0 Å². The molecule has 0 amide bonds. The van der Waals surface area contributed by atoms with Crippen LogP contribution in [0.2, 0.25) is 0 Å². The Labute approximate surface area is 279 Å². The average molecular weight is 631 g/mol. The molecular weight excluding hydrogens is 556 g/mol. The zero-order valence-corrected chi connectivity index (χ0v) is 29.5. The molecule has 0 fully saturated rings. The van der Waals surface area contributed by atoms with E-state index in [-0.39, 0.29) is 6.61 Å². The fraction of sp³-hybridized carbons (Fsp3) is 0.780. The molecule has 262 valence electrons. The lowest BCUT2D eigenvalue weighted by atomic mass is 10.0. The highest BCUT2D eigenvalue weighted by Gasteiger charge is 2.13. The van der Waals surface area contributed by atoms with Crippen LogP contribution in [0.4, 0.5) is 0 Å². The zero-order chi connectivity index (χ0) is 32.9. The number of unbranched alkanes of at least 4 members (excludes halogenated alkanes) is 19. The first-order valence-electron chi connectivity index (χ1n) is 19.2. The summed E-state index contributed by atoms with van der Waals surface area (Å²) >= 11 is 0. The quantitative estimate of drug-likeness (QED) is 0.0481. The SMILES string of the molecule is CCCCCCCCCCCCCCCCCC(=O)CCCCC/C=C\C/C=C\C/C=C\C/C=C\CCCCC(O)C(O)CO. The molecule has 4 heteroatoms. The molecule has 0 radical (unpaired) electrons. The Morgan fingerprint density at radius 2 is 0.822 bits per heavy atom. The summed E-state index contributed by atoms with van der Waals surface area (Å²) in [6, 6.07) is 0. The van der Waals surface area contributed by atoms with Crippen LogP contribution in [0.5, 0.6) is 0 Å². The maximum atomic E-state index is 12.2. The molecule has 0 aromatic rings. The molecule has 0 aromatic heterocycles. The van der Waals surface area contributed by atoms with Crippen LogP contribution in [0.1, 0.15) is 187 Å². The van der Waals surface area contributed by atoms with Crippen molar-refractivity contribution < 1.29 is 20.1 Å². The van der Waals surface area contributed by atoms with Crippen molar-refractivity contribution in [3.05, 3.63) is 48.6 Å². The lowest BCUT2D eigenvalue weighted by Gasteiger charge is -2.14. The third-order valence-electron chi connectivity index (χ3n) is 8.62. The van der Waals surface area contributed by atoms with Crippen LogP contribution in [-0.2, 0) is 4.79 Å². The number of aliphatic hydroxyl groups is 3. The summed E-state index contributed by atoms with van der Waals surface area (Å²) in [7, 11) is 0. The van der Waals surface area contributed by atoms with Gasteiger partial charge in [-0.05, 0) is 64.2 Å². The maximum absolute atomic E-state index is 12.2. The number of carbonyl (C=O) groups excluding carboxylic acids is 1. The molecule has 2 atom stereocenters. The Bertz CT molecular complexity index is 723. The highest BCUT2D eigenvalue weighted by molar-refractivity contribution is 5.78. The fourth-order valence-corrected chi connectivity index (χ4v) is 5.56. The minimum atomic E-state index is -1.02. The first-order chi connectivity index (χ1) is 22.1. The van der Waals surface area contributed by atoms with E-state index in [0.717, 1.165) is 77.0 Å². The Balaban J connectivity index is 3.39. The van der Waals surface area contributed by atoms with Crippen LogP contribution in [-0.4, -0.2) is 39.9 Å². The van der Waals surface area contributed by atoms with Crippen molar-refractivity contribution in [2.24, 2.45) is 0 Å². The van der Waals surface area contributed by atoms with Gasteiger partial charge < -0.3 is 15.3 Å². The molecule has 45 heavy (non-hydrogen) atoms. The average Bonchev–Trinajstić information content (AvgIpc) is 3.05. The van der Waals surface area contributed by atoms with Crippen molar-refractivity contribution >= 4 is 5.78 Å². The Hall–Kier alpha value is -1.49. The van der Waals surface area contributed by atoms with E-state index in [1.807, 2.05) is 0 Å². The molecule has 0 spiro atoms. The molecule has 0 bridgehead atoms. The lowest BCUT2D eigenvalue weighted by molar-refractivity contribution is -0.119. The van der Waals surface area contributed by atoms with E-state index in [9.17, 15) is 15.0 Å². The maximum Gasteiger partial charge on any atom is 0.132 e. The second-order valence-corrected chi connectivity index (χ2v) is 13.0. The van der Waals surface area contributed by atoms with E-state index in [2.05, 4.69) is 55.5 Å². The van der Waals surface area contributed by atoms with E-state index in [1.165, 1.54) is 96.3 Å². The number of aliphatic hydroxyl groups excluding tert-OH is 3. The highest BCUT2D eigenvalue weighted by atomic mass is 16.4. The number of allylic oxidation sites excluding steroid dienone is 8. The zero-order valence-electron chi connectivity index (χ0n) is 29.5. The molecule has 0 aliphatic heterocycles. The van der Waals surface area contributed by atoms with Gasteiger partial charge in [0.2, 0.25) is 0 Å². The minimum Gasteiger partial charge on any atom is -0.394 e. The smallest absolute Gasteiger partial charge is 0.132 e. The summed E-state index contributed by atoms with van der Waals surface area (Å²) in [4.78, 5) is 12.2. The van der Waals surface area contributed by atoms with E-state index < -0.39 is 12.2 Å². The first kappa shape index (κ1) is 43.5. The van der Waals surface area contributed by atoms with Gasteiger partial charge >= 0.3 is 0 Å². The van der Waals surface area contributed by atoms with Gasteiger partial charge in [0.15, 0.2) is 0 Å². The van der Waals surface area contributed by atoms with E-state index in [4.69, 9.17) is 5.11 Å². The molecule has 0 rings (SSSR count). The van der Waals surface area contributed by atoms with Crippen LogP contribution >= 0.6 is 0 Å². The van der Waals surface area contributed by atoms with Gasteiger partial charge in [-0.1, -0.05) is 158 Å². The molecule has 0 aromatic carbocycles. The molecule has 3 N–H and O–H groups in total. The van der Waals surface area contributed by atoms with Crippen LogP contribution in [0, 0.1) is 0 Å². The molecule has 2 unspecified atom stereocenters. The van der Waals surface area contributed by atoms with Crippen molar-refractivity contribution in [3.8, 4) is 0 Å². The summed E-state index contributed by atoms with van der Waals surface area (Å²) in [6.07, 6.45) is 48.6. The van der Waals surface area contributed by atoms with Crippen LogP contribution in [0.3, 0.4) is 0 Å². The molecule has 4 nitrogen and oxygen atoms in total. The van der Waals surface area contributed by atoms with Crippen molar-refractivity contribution in [1.29, 1.82) is 0 Å². The van der Waals surface area contributed by atoms with Gasteiger partial charge in [-0.25, -0.2) is 0 Å². The number of Topliss-reactive ketones (excluding diaryl/α,β-unsaturated/α-hetero) is 1. The number of hydrogen-bond acceptors (Lipinski definition) is 4. The highest BCUT2D eigenvalue weighted by Crippen LogP contribution is 2.15. The van der Waals surface area contributed by atoms with E-state index >= 15 is 0 Å². The summed E-state index contributed by atoms with van der Waals surface area (Å²) in [5.74, 6) is 0.473. The van der Waals surface area contributed by atoms with Crippen molar-refractivity contribution in [3.63, 3.8) is 0 Å². The molecule has 0 heterocycles. The standard InChI is InChI=1S/C41H74O4/c1-2-3-4-5-6-7-8-9-14-17-20-23-26-29-32-35-39(43)36-33-30-27-24-21-18-15-12-10-11-13-16-19-22-25-28-31-34-37-40(44)41(45)38-42/h10,12-13,16,18,21-22,25,40-42,44-45H,2-9,11,14-15,17,19-20,23-24,26-38H2,1H3/b12-10-,16-13-,21-18-,25-22-. The third kappa shape index (κ3) is 35.2. The number of ketones is 1. The number of rotatable bonds is 35. The van der Waals surface area contributed by atoms with Crippen LogP contribution in [0.25, 0.3) is 0 Å². The second kappa shape index (κ2) is 37.0. The summed E-state index contributed by atoms with van der Waals surface area (Å²) in [5.41, 5.74) is 0. The molecule has 0 saturated carbocycles. The third-order valence-corrected chi connectivity index (χ3v) is 8.62. The van der Waals surface area contributed by atoms with Crippen molar-refractivity contribution in [2.45, 2.75) is 199 Å². The summed E-state index contributed by atoms with van der Waals surface area (Å²) in [5, 5.41) is 27.7. The number of hydrogen-bond donors (Lipinski definition) is 3. The van der Waals surface area contributed by atoms with Crippen molar-refractivity contribution in [2.75, 3.05) is 6.61 Å². The fourth-order valence-electron chi connectivity index (χ4n) is 5.56. The molecular formula is C41H74O4. The van der Waals surface area contributed by atoms with Gasteiger partial charge in [0.1, 0.15) is 11.9 Å². The van der Waals surface area contributed by atoms with Gasteiger partial charge in [-0.2, -0.15) is 0 Å². The number of carbonyl (C=O) groups is 1. The van der Waals surface area contributed by atoms with Gasteiger partial charge in [0.25, 0.3) is 0 Å². The first-order valence-corrected chi connectivity index (χ1v) is 19.2. The molecule has 0 aliphatic rings. The van der Waals surface area contributed by atoms with Crippen LogP contribution in [0.15, 0.2) is 48.6 Å². The van der Waals surface area contributed by atoms with Gasteiger partial charge in [-0.15, -0.1) is 0 Å². The minimum absolute atomic E-state index is 0.385.